The Hall–Kier alpha value is -1.11. The maximum atomic E-state index is 10.9. The Balaban J connectivity index is 3.23. The van der Waals surface area contributed by atoms with Crippen molar-refractivity contribution >= 4 is 6.29 Å². The van der Waals surface area contributed by atoms with Gasteiger partial charge in [0.15, 0.2) is 0 Å². The fraction of sp³-hybridized carbons (Fsp3) is 0.417. The van der Waals surface area contributed by atoms with E-state index in [1.807, 2.05) is 32.9 Å². The third-order valence-electron chi connectivity index (χ3n) is 2.37. The normalized spacial score (nSPS) is 11.4. The van der Waals surface area contributed by atoms with Gasteiger partial charge in [0.1, 0.15) is 6.29 Å². The van der Waals surface area contributed by atoms with Crippen molar-refractivity contribution in [1.29, 1.82) is 0 Å². The summed E-state index contributed by atoms with van der Waals surface area (Å²) in [6.45, 7) is 7.99. The minimum atomic E-state index is -0.363. The van der Waals surface area contributed by atoms with Gasteiger partial charge in [-0.1, -0.05) is 23.8 Å². The molecule has 0 aliphatic heterocycles. The summed E-state index contributed by atoms with van der Waals surface area (Å²) in [4.78, 5) is 10.9. The molecule has 0 aromatic heterocycles. The lowest BCUT2D eigenvalue weighted by molar-refractivity contribution is -0.111. The largest absolute Gasteiger partial charge is 0.302 e. The molecule has 1 aromatic carbocycles. The zero-order valence-electron chi connectivity index (χ0n) is 8.72. The first-order valence-corrected chi connectivity index (χ1v) is 4.51. The van der Waals surface area contributed by atoms with E-state index in [9.17, 15) is 4.79 Å². The van der Waals surface area contributed by atoms with E-state index >= 15 is 0 Å². The van der Waals surface area contributed by atoms with Crippen molar-refractivity contribution in [2.45, 2.75) is 33.1 Å². The smallest absolute Gasteiger partial charge is 0.129 e. The first kappa shape index (κ1) is 9.97. The van der Waals surface area contributed by atoms with Gasteiger partial charge in [0.05, 0.1) is 0 Å². The van der Waals surface area contributed by atoms with Gasteiger partial charge in [-0.25, -0.2) is 0 Å². The number of hydrogen-bond donors (Lipinski definition) is 0. The van der Waals surface area contributed by atoms with Crippen molar-refractivity contribution in [3.63, 3.8) is 0 Å². The predicted molar refractivity (Wildman–Crippen MR) is 55.0 cm³/mol. The molecule has 13 heavy (non-hydrogen) atoms. The molecule has 0 bridgehead atoms. The first-order chi connectivity index (χ1) is 5.97. The number of carbonyl (C=O) groups excluding carboxylic acids is 1. The molecular weight excluding hydrogens is 160 g/mol. The van der Waals surface area contributed by atoms with Crippen LogP contribution in [0.15, 0.2) is 18.2 Å². The summed E-state index contributed by atoms with van der Waals surface area (Å²) in [5, 5.41) is 0. The standard InChI is InChI=1S/C12H16O/c1-9-5-6-11(10(2)7-9)12(3,4)8-13/h5-8H,1-4H3. The van der Waals surface area contributed by atoms with E-state index in [0.29, 0.717) is 0 Å². The molecule has 70 valence electrons. The molecule has 0 spiro atoms. The lowest BCUT2D eigenvalue weighted by Crippen LogP contribution is -2.19. The SMILES string of the molecule is Cc1ccc(C(C)(C)C=O)c(C)c1. The molecule has 0 saturated heterocycles. The lowest BCUT2D eigenvalue weighted by Gasteiger charge is -2.20. The van der Waals surface area contributed by atoms with Gasteiger partial charge in [0.25, 0.3) is 0 Å². The van der Waals surface area contributed by atoms with Crippen LogP contribution in [0.1, 0.15) is 30.5 Å². The van der Waals surface area contributed by atoms with Gasteiger partial charge < -0.3 is 4.79 Å². The quantitative estimate of drug-likeness (QED) is 0.633. The van der Waals surface area contributed by atoms with Crippen LogP contribution in [-0.4, -0.2) is 6.29 Å². The van der Waals surface area contributed by atoms with Crippen molar-refractivity contribution in [1.82, 2.24) is 0 Å². The second-order valence-electron chi connectivity index (χ2n) is 4.16. The van der Waals surface area contributed by atoms with Gasteiger partial charge in [-0.3, -0.25) is 0 Å². The third kappa shape index (κ3) is 1.97. The highest BCUT2D eigenvalue weighted by Gasteiger charge is 2.20. The highest BCUT2D eigenvalue weighted by molar-refractivity contribution is 5.68. The van der Waals surface area contributed by atoms with Crippen LogP contribution in [0.3, 0.4) is 0 Å². The Morgan fingerprint density at radius 2 is 1.85 bits per heavy atom. The second-order valence-corrected chi connectivity index (χ2v) is 4.16. The average Bonchev–Trinajstić information content (AvgIpc) is 2.03. The fourth-order valence-electron chi connectivity index (χ4n) is 1.60. The Kier molecular flexibility index (Phi) is 2.55. The fourth-order valence-corrected chi connectivity index (χ4v) is 1.60. The molecule has 0 atom stereocenters. The van der Waals surface area contributed by atoms with Crippen LogP contribution in [-0.2, 0) is 10.2 Å². The van der Waals surface area contributed by atoms with E-state index < -0.39 is 0 Å². The summed E-state index contributed by atoms with van der Waals surface area (Å²) in [7, 11) is 0. The van der Waals surface area contributed by atoms with Gasteiger partial charge >= 0.3 is 0 Å². The first-order valence-electron chi connectivity index (χ1n) is 4.51. The minimum absolute atomic E-state index is 0.363. The van der Waals surface area contributed by atoms with Gasteiger partial charge in [0.2, 0.25) is 0 Å². The molecule has 0 saturated carbocycles. The number of hydrogen-bond acceptors (Lipinski definition) is 1. The lowest BCUT2D eigenvalue weighted by atomic mass is 9.83. The van der Waals surface area contributed by atoms with Gasteiger partial charge in [-0.05, 0) is 38.8 Å². The number of aldehydes is 1. The topological polar surface area (TPSA) is 17.1 Å². The van der Waals surface area contributed by atoms with Crippen LogP contribution in [0, 0.1) is 13.8 Å². The van der Waals surface area contributed by atoms with E-state index in [1.165, 1.54) is 11.1 Å². The minimum Gasteiger partial charge on any atom is -0.302 e. The Bertz CT molecular complexity index is 324. The monoisotopic (exact) mass is 176 g/mol. The summed E-state index contributed by atoms with van der Waals surface area (Å²) < 4.78 is 0. The summed E-state index contributed by atoms with van der Waals surface area (Å²) in [5.41, 5.74) is 3.19. The van der Waals surface area contributed by atoms with Crippen molar-refractivity contribution in [3.8, 4) is 0 Å². The molecule has 0 unspecified atom stereocenters. The highest BCUT2D eigenvalue weighted by atomic mass is 16.1. The van der Waals surface area contributed by atoms with E-state index in [2.05, 4.69) is 13.0 Å². The molecule has 0 heterocycles. The molecule has 1 rings (SSSR count). The molecule has 1 aromatic rings. The molecule has 0 aliphatic rings. The molecule has 1 heteroatoms. The maximum absolute atomic E-state index is 10.9. The molecule has 0 radical (unpaired) electrons. The van der Waals surface area contributed by atoms with Crippen LogP contribution >= 0.6 is 0 Å². The van der Waals surface area contributed by atoms with Crippen molar-refractivity contribution in [3.05, 3.63) is 34.9 Å². The summed E-state index contributed by atoms with van der Waals surface area (Å²) in [5.74, 6) is 0. The number of aryl methyl sites for hydroxylation is 2. The van der Waals surface area contributed by atoms with E-state index in [0.717, 1.165) is 11.8 Å². The Morgan fingerprint density at radius 1 is 1.23 bits per heavy atom. The molecule has 1 nitrogen and oxygen atoms in total. The summed E-state index contributed by atoms with van der Waals surface area (Å²) in [6.07, 6.45) is 1.00. The van der Waals surface area contributed by atoms with E-state index in [4.69, 9.17) is 0 Å². The van der Waals surface area contributed by atoms with Crippen LogP contribution < -0.4 is 0 Å². The van der Waals surface area contributed by atoms with E-state index in [1.54, 1.807) is 0 Å². The summed E-state index contributed by atoms with van der Waals surface area (Å²) >= 11 is 0. The van der Waals surface area contributed by atoms with Crippen molar-refractivity contribution < 1.29 is 4.79 Å². The Labute approximate surface area is 79.8 Å². The highest BCUT2D eigenvalue weighted by Crippen LogP contribution is 2.24. The molecule has 0 amide bonds. The predicted octanol–water partition coefficient (Wildman–Crippen LogP) is 2.78. The second kappa shape index (κ2) is 3.33. The third-order valence-corrected chi connectivity index (χ3v) is 2.37. The Morgan fingerprint density at radius 3 is 2.31 bits per heavy atom. The van der Waals surface area contributed by atoms with Crippen LogP contribution in [0.2, 0.25) is 0 Å². The molecule has 0 aliphatic carbocycles. The van der Waals surface area contributed by atoms with Crippen LogP contribution in [0.25, 0.3) is 0 Å². The number of carbonyl (C=O) groups is 1. The van der Waals surface area contributed by atoms with Crippen molar-refractivity contribution in [2.24, 2.45) is 0 Å². The zero-order valence-corrected chi connectivity index (χ0v) is 8.72. The van der Waals surface area contributed by atoms with Gasteiger partial charge in [-0.2, -0.15) is 0 Å². The average molecular weight is 176 g/mol. The van der Waals surface area contributed by atoms with Crippen LogP contribution in [0.4, 0.5) is 0 Å². The van der Waals surface area contributed by atoms with Gasteiger partial charge in [-0.15, -0.1) is 0 Å². The van der Waals surface area contributed by atoms with Crippen LogP contribution in [0.5, 0.6) is 0 Å². The zero-order chi connectivity index (χ0) is 10.1. The molecular formula is C12H16O. The maximum Gasteiger partial charge on any atom is 0.129 e. The van der Waals surface area contributed by atoms with Gasteiger partial charge in [0, 0.05) is 5.41 Å². The number of rotatable bonds is 2. The van der Waals surface area contributed by atoms with Crippen molar-refractivity contribution in [2.75, 3.05) is 0 Å². The molecule has 0 N–H and O–H groups in total. The molecule has 0 fully saturated rings. The summed E-state index contributed by atoms with van der Waals surface area (Å²) in [6, 6.07) is 6.20. The number of benzene rings is 1. The van der Waals surface area contributed by atoms with E-state index in [-0.39, 0.29) is 5.41 Å².